The summed E-state index contributed by atoms with van der Waals surface area (Å²) in [6.07, 6.45) is 3.79. The maximum absolute atomic E-state index is 13.5. The Labute approximate surface area is 103 Å². The van der Waals surface area contributed by atoms with Crippen LogP contribution in [-0.2, 0) is 0 Å². The van der Waals surface area contributed by atoms with Crippen LogP contribution in [-0.4, -0.2) is 12.6 Å². The standard InChI is InChI=1S/C12H14BrFN2/c13-9-4-11(15)12(5-10(9)14)16-6-7-1-2-8(16)3-7/h4-5,7-8H,1-3,6,15H2. The van der Waals surface area contributed by atoms with Gasteiger partial charge in [0.15, 0.2) is 0 Å². The van der Waals surface area contributed by atoms with Crippen molar-refractivity contribution in [1.82, 2.24) is 0 Å². The highest BCUT2D eigenvalue weighted by Crippen LogP contribution is 2.42. The average molecular weight is 285 g/mol. The first kappa shape index (κ1) is 10.4. The van der Waals surface area contributed by atoms with Gasteiger partial charge >= 0.3 is 0 Å². The number of anilines is 2. The topological polar surface area (TPSA) is 29.3 Å². The third-order valence-corrected chi connectivity index (χ3v) is 4.40. The van der Waals surface area contributed by atoms with E-state index in [4.69, 9.17) is 5.73 Å². The fourth-order valence-electron chi connectivity index (χ4n) is 3.02. The molecule has 2 atom stereocenters. The van der Waals surface area contributed by atoms with Crippen LogP contribution in [0.1, 0.15) is 19.3 Å². The Hall–Kier alpha value is -0.770. The van der Waals surface area contributed by atoms with Gasteiger partial charge in [0, 0.05) is 18.7 Å². The summed E-state index contributed by atoms with van der Waals surface area (Å²) >= 11 is 3.16. The van der Waals surface area contributed by atoms with Crippen LogP contribution in [0, 0.1) is 11.7 Å². The third kappa shape index (κ3) is 1.51. The van der Waals surface area contributed by atoms with Gasteiger partial charge in [-0.25, -0.2) is 4.39 Å². The molecule has 3 rings (SSSR count). The predicted octanol–water partition coefficient (Wildman–Crippen LogP) is 3.16. The molecule has 1 aliphatic heterocycles. The average Bonchev–Trinajstić information content (AvgIpc) is 2.84. The smallest absolute Gasteiger partial charge is 0.139 e. The van der Waals surface area contributed by atoms with Crippen molar-refractivity contribution >= 4 is 27.3 Å². The maximum atomic E-state index is 13.5. The van der Waals surface area contributed by atoms with Crippen molar-refractivity contribution < 1.29 is 4.39 Å². The third-order valence-electron chi connectivity index (χ3n) is 3.79. The minimum absolute atomic E-state index is 0.230. The molecule has 1 aliphatic carbocycles. The lowest BCUT2D eigenvalue weighted by Crippen LogP contribution is -2.32. The zero-order chi connectivity index (χ0) is 11.3. The molecule has 0 aromatic heterocycles. The van der Waals surface area contributed by atoms with Crippen molar-refractivity contribution in [2.24, 2.45) is 5.92 Å². The highest BCUT2D eigenvalue weighted by atomic mass is 79.9. The number of halogens is 2. The van der Waals surface area contributed by atoms with E-state index in [1.807, 2.05) is 0 Å². The maximum Gasteiger partial charge on any atom is 0.139 e. The van der Waals surface area contributed by atoms with Crippen LogP contribution in [0.25, 0.3) is 0 Å². The van der Waals surface area contributed by atoms with Gasteiger partial charge < -0.3 is 10.6 Å². The van der Waals surface area contributed by atoms with Gasteiger partial charge in [-0.05, 0) is 47.2 Å². The van der Waals surface area contributed by atoms with Crippen molar-refractivity contribution in [2.45, 2.75) is 25.3 Å². The lowest BCUT2D eigenvalue weighted by atomic mass is 10.1. The van der Waals surface area contributed by atoms with Gasteiger partial charge in [-0.3, -0.25) is 0 Å². The molecule has 2 unspecified atom stereocenters. The summed E-state index contributed by atoms with van der Waals surface area (Å²) in [6, 6.07) is 3.80. The van der Waals surface area contributed by atoms with Crippen LogP contribution in [0.4, 0.5) is 15.8 Å². The quantitative estimate of drug-likeness (QED) is 0.803. The highest BCUT2D eigenvalue weighted by molar-refractivity contribution is 9.10. The van der Waals surface area contributed by atoms with E-state index in [-0.39, 0.29) is 5.82 Å². The van der Waals surface area contributed by atoms with Crippen molar-refractivity contribution in [3.05, 3.63) is 22.4 Å². The van der Waals surface area contributed by atoms with Gasteiger partial charge in [0.05, 0.1) is 15.8 Å². The number of nitrogens with two attached hydrogens (primary N) is 1. The Bertz CT molecular complexity index is 435. The first-order valence-corrected chi connectivity index (χ1v) is 6.45. The minimum Gasteiger partial charge on any atom is -0.397 e. The number of piperidine rings is 1. The van der Waals surface area contributed by atoms with E-state index in [1.54, 1.807) is 12.1 Å². The summed E-state index contributed by atoms with van der Waals surface area (Å²) in [5, 5.41) is 0. The van der Waals surface area contributed by atoms with Gasteiger partial charge in [-0.2, -0.15) is 0 Å². The lowest BCUT2D eigenvalue weighted by molar-refractivity contribution is 0.552. The molecule has 2 bridgehead atoms. The van der Waals surface area contributed by atoms with Crippen LogP contribution in [0.3, 0.4) is 0 Å². The first-order valence-electron chi connectivity index (χ1n) is 5.66. The molecule has 1 aromatic carbocycles. The Morgan fingerprint density at radius 1 is 1.38 bits per heavy atom. The van der Waals surface area contributed by atoms with Gasteiger partial charge in [-0.1, -0.05) is 0 Å². The number of rotatable bonds is 1. The second kappa shape index (κ2) is 3.62. The van der Waals surface area contributed by atoms with Gasteiger partial charge in [0.2, 0.25) is 0 Å². The van der Waals surface area contributed by atoms with Gasteiger partial charge in [0.25, 0.3) is 0 Å². The summed E-state index contributed by atoms with van der Waals surface area (Å²) < 4.78 is 14.0. The molecule has 4 heteroatoms. The molecule has 0 amide bonds. The first-order chi connectivity index (χ1) is 7.65. The van der Waals surface area contributed by atoms with Crippen LogP contribution < -0.4 is 10.6 Å². The zero-order valence-electron chi connectivity index (χ0n) is 8.92. The van der Waals surface area contributed by atoms with Gasteiger partial charge in [0.1, 0.15) is 5.82 Å². The number of hydrogen-bond acceptors (Lipinski definition) is 2. The molecule has 0 radical (unpaired) electrons. The Kier molecular flexibility index (Phi) is 2.35. The lowest BCUT2D eigenvalue weighted by Gasteiger charge is -2.30. The summed E-state index contributed by atoms with van der Waals surface area (Å²) in [6.45, 7) is 1.04. The van der Waals surface area contributed by atoms with Crippen molar-refractivity contribution in [3.63, 3.8) is 0 Å². The summed E-state index contributed by atoms with van der Waals surface area (Å²) in [4.78, 5) is 2.28. The van der Waals surface area contributed by atoms with Crippen LogP contribution >= 0.6 is 15.9 Å². The van der Waals surface area contributed by atoms with E-state index < -0.39 is 0 Å². The summed E-state index contributed by atoms with van der Waals surface area (Å²) in [5.41, 5.74) is 7.50. The van der Waals surface area contributed by atoms with Crippen molar-refractivity contribution in [2.75, 3.05) is 17.2 Å². The number of hydrogen-bond donors (Lipinski definition) is 1. The molecule has 16 heavy (non-hydrogen) atoms. The van der Waals surface area contributed by atoms with Crippen molar-refractivity contribution in [3.8, 4) is 0 Å². The Morgan fingerprint density at radius 3 is 2.81 bits per heavy atom. The number of nitrogen functional groups attached to an aromatic ring is 1. The summed E-state index contributed by atoms with van der Waals surface area (Å²) in [7, 11) is 0. The van der Waals surface area contributed by atoms with E-state index >= 15 is 0 Å². The van der Waals surface area contributed by atoms with Crippen molar-refractivity contribution in [1.29, 1.82) is 0 Å². The molecular formula is C12H14BrFN2. The second-order valence-electron chi connectivity index (χ2n) is 4.81. The van der Waals surface area contributed by atoms with Gasteiger partial charge in [-0.15, -0.1) is 0 Å². The fraction of sp³-hybridized carbons (Fsp3) is 0.500. The molecule has 1 heterocycles. The second-order valence-corrected chi connectivity index (χ2v) is 5.66. The molecular weight excluding hydrogens is 271 g/mol. The predicted molar refractivity (Wildman–Crippen MR) is 67.0 cm³/mol. The molecule has 2 aliphatic rings. The molecule has 86 valence electrons. The van der Waals surface area contributed by atoms with Crippen LogP contribution in [0.5, 0.6) is 0 Å². The van der Waals surface area contributed by atoms with Crippen LogP contribution in [0.2, 0.25) is 0 Å². The van der Waals surface area contributed by atoms with E-state index in [1.165, 1.54) is 19.3 Å². The Morgan fingerprint density at radius 2 is 2.19 bits per heavy atom. The van der Waals surface area contributed by atoms with E-state index in [0.29, 0.717) is 16.2 Å². The highest BCUT2D eigenvalue weighted by Gasteiger charge is 2.38. The minimum atomic E-state index is -0.230. The van der Waals surface area contributed by atoms with E-state index in [2.05, 4.69) is 20.8 Å². The SMILES string of the molecule is Nc1cc(Br)c(F)cc1N1CC2CCC1C2. The normalized spacial score (nSPS) is 27.8. The summed E-state index contributed by atoms with van der Waals surface area (Å²) in [5.74, 6) is 0.558. The largest absolute Gasteiger partial charge is 0.397 e. The van der Waals surface area contributed by atoms with Crippen LogP contribution in [0.15, 0.2) is 16.6 Å². The molecule has 2 fully saturated rings. The van der Waals surface area contributed by atoms with E-state index in [0.717, 1.165) is 18.2 Å². The fourth-order valence-corrected chi connectivity index (χ4v) is 3.38. The van der Waals surface area contributed by atoms with E-state index in [9.17, 15) is 4.39 Å². The molecule has 0 spiro atoms. The zero-order valence-corrected chi connectivity index (χ0v) is 10.5. The number of fused-ring (bicyclic) bond motifs is 2. The molecule has 1 aromatic rings. The molecule has 2 nitrogen and oxygen atoms in total. The molecule has 1 saturated heterocycles. The molecule has 2 N–H and O–H groups in total. The number of nitrogens with zero attached hydrogens (tertiary/aromatic N) is 1. The Balaban J connectivity index is 1.98. The molecule has 1 saturated carbocycles. The number of benzene rings is 1. The monoisotopic (exact) mass is 284 g/mol.